The van der Waals surface area contributed by atoms with E-state index in [2.05, 4.69) is 104 Å². The Morgan fingerprint density at radius 3 is 2.31 bits per heavy atom. The SMILES string of the molecule is C=CCO[C@@]12Oc3ccc(Oc4ccc(-c5ccccc5)cc4)cc3[C@H]3[C@H](CCCCO)[C@@H](CCCCO)C=C(C(=NOCC)C[C@@H]1Sc1ccc4ccccc4c1)[C@H]32. The molecule has 7 nitrogen and oxygen atoms in total. The lowest BCUT2D eigenvalue weighted by Crippen LogP contribution is -2.64. The zero-order valence-electron chi connectivity index (χ0n) is 33.9. The first kappa shape index (κ1) is 40.9. The first-order valence-electron chi connectivity index (χ1n) is 21.2. The fraction of sp³-hybridized carbons (Fsp3) is 0.353. The van der Waals surface area contributed by atoms with Crippen LogP contribution in [0.15, 0.2) is 150 Å². The summed E-state index contributed by atoms with van der Waals surface area (Å²) in [5, 5.41) is 26.9. The van der Waals surface area contributed by atoms with Crippen LogP contribution in [0.1, 0.15) is 63.4 Å². The molecule has 5 aromatic carbocycles. The van der Waals surface area contributed by atoms with Crippen LogP contribution in [-0.4, -0.2) is 53.4 Å². The number of benzene rings is 5. The molecule has 1 heterocycles. The Bertz CT molecular complexity index is 2260. The van der Waals surface area contributed by atoms with Crippen LogP contribution >= 0.6 is 11.8 Å². The van der Waals surface area contributed by atoms with Crippen molar-refractivity contribution >= 4 is 28.2 Å². The molecule has 306 valence electrons. The van der Waals surface area contributed by atoms with Gasteiger partial charge in [0, 0.05) is 36.0 Å². The molecule has 0 bridgehead atoms. The normalized spacial score (nSPS) is 23.8. The molecule has 6 atom stereocenters. The molecule has 0 aromatic heterocycles. The number of oxime groups is 1. The third-order valence-corrected chi connectivity index (χ3v) is 13.4. The van der Waals surface area contributed by atoms with Crippen LogP contribution in [0.3, 0.4) is 0 Å². The van der Waals surface area contributed by atoms with E-state index in [1.54, 1.807) is 11.8 Å². The highest BCUT2D eigenvalue weighted by atomic mass is 32.2. The van der Waals surface area contributed by atoms with E-state index in [9.17, 15) is 10.2 Å². The van der Waals surface area contributed by atoms with Gasteiger partial charge in [0.1, 0.15) is 23.9 Å². The van der Waals surface area contributed by atoms with Crippen LogP contribution in [0, 0.1) is 17.8 Å². The molecule has 1 saturated carbocycles. The summed E-state index contributed by atoms with van der Waals surface area (Å²) in [6, 6.07) is 39.9. The molecule has 5 aromatic rings. The number of thioether (sulfide) groups is 1. The molecule has 0 radical (unpaired) electrons. The molecule has 0 saturated heterocycles. The molecular formula is C51H55NO6S. The summed E-state index contributed by atoms with van der Waals surface area (Å²) >= 11 is 1.78. The van der Waals surface area contributed by atoms with Crippen LogP contribution in [0.2, 0.25) is 0 Å². The fourth-order valence-corrected chi connectivity index (χ4v) is 10.9. The van der Waals surface area contributed by atoms with Gasteiger partial charge in [0.25, 0.3) is 0 Å². The van der Waals surface area contributed by atoms with Crippen molar-refractivity contribution in [1.29, 1.82) is 0 Å². The van der Waals surface area contributed by atoms with Crippen molar-refractivity contribution in [3.8, 4) is 28.4 Å². The monoisotopic (exact) mass is 809 g/mol. The number of unbranched alkanes of at least 4 members (excludes halogenated alkanes) is 2. The molecule has 1 fully saturated rings. The third-order valence-electron chi connectivity index (χ3n) is 12.1. The van der Waals surface area contributed by atoms with E-state index < -0.39 is 5.79 Å². The van der Waals surface area contributed by atoms with E-state index in [0.717, 1.165) is 88.6 Å². The number of hydrogen-bond donors (Lipinski definition) is 2. The number of allylic oxidation sites excluding steroid dienone is 1. The van der Waals surface area contributed by atoms with Gasteiger partial charge in [0.15, 0.2) is 0 Å². The van der Waals surface area contributed by atoms with E-state index >= 15 is 0 Å². The minimum absolute atomic E-state index is 0.0304. The average Bonchev–Trinajstić information content (AvgIpc) is 3.27. The highest BCUT2D eigenvalue weighted by Crippen LogP contribution is 2.63. The number of rotatable bonds is 18. The fourth-order valence-electron chi connectivity index (χ4n) is 9.52. The van der Waals surface area contributed by atoms with Crippen LogP contribution < -0.4 is 9.47 Å². The van der Waals surface area contributed by atoms with E-state index in [4.69, 9.17) is 24.2 Å². The topological polar surface area (TPSA) is 89.7 Å². The van der Waals surface area contributed by atoms with Crippen LogP contribution in [0.4, 0.5) is 0 Å². The summed E-state index contributed by atoms with van der Waals surface area (Å²) in [4.78, 5) is 7.03. The number of hydrogen-bond acceptors (Lipinski definition) is 8. The van der Waals surface area contributed by atoms with Crippen LogP contribution in [0.5, 0.6) is 17.2 Å². The van der Waals surface area contributed by atoms with Crippen molar-refractivity contribution in [3.63, 3.8) is 0 Å². The first-order valence-corrected chi connectivity index (χ1v) is 22.1. The highest BCUT2D eigenvalue weighted by Gasteiger charge is 2.64. The molecule has 2 aliphatic carbocycles. The first-order chi connectivity index (χ1) is 29.0. The maximum atomic E-state index is 9.97. The zero-order chi connectivity index (χ0) is 40.6. The second-order valence-corrected chi connectivity index (χ2v) is 17.1. The summed E-state index contributed by atoms with van der Waals surface area (Å²) in [6.07, 6.45) is 9.94. The van der Waals surface area contributed by atoms with Gasteiger partial charge in [-0.15, -0.1) is 18.3 Å². The van der Waals surface area contributed by atoms with E-state index in [0.29, 0.717) is 19.6 Å². The quantitative estimate of drug-likeness (QED) is 0.0517. The zero-order valence-corrected chi connectivity index (χ0v) is 34.7. The van der Waals surface area contributed by atoms with Crippen molar-refractivity contribution in [2.24, 2.45) is 22.9 Å². The predicted molar refractivity (Wildman–Crippen MR) is 238 cm³/mol. The number of aliphatic hydroxyl groups excluding tert-OH is 2. The maximum absolute atomic E-state index is 9.97. The second-order valence-electron chi connectivity index (χ2n) is 15.8. The standard InChI is InChI=1S/C51H55NO6S/c1-3-30-55-51-48(59-42-26-22-36-16-8-9-17-38(36)31-42)34-46(52-56-4-2)44-32-39(18-10-12-28-53)43(19-11-13-29-54)49(50(44)51)45-33-41(25-27-47(45)58-51)57-40-23-20-37(21-24-40)35-14-6-5-7-15-35/h3,5-9,14-17,20-27,31-33,39,43,48-50,53-54H,1,4,10-13,18-19,28-30,34H2,2H3/t39-,43+,48-,49+,50+,51+/m0/s1. The van der Waals surface area contributed by atoms with E-state index in [1.165, 1.54) is 10.8 Å². The average molecular weight is 810 g/mol. The number of ether oxygens (including phenoxy) is 3. The summed E-state index contributed by atoms with van der Waals surface area (Å²) in [6.45, 7) is 7.14. The summed E-state index contributed by atoms with van der Waals surface area (Å²) < 4.78 is 21.2. The van der Waals surface area contributed by atoms with Gasteiger partial charge in [-0.2, -0.15) is 0 Å². The van der Waals surface area contributed by atoms with Crippen molar-refractivity contribution < 1.29 is 29.3 Å². The van der Waals surface area contributed by atoms with Gasteiger partial charge in [-0.25, -0.2) is 0 Å². The molecule has 59 heavy (non-hydrogen) atoms. The van der Waals surface area contributed by atoms with Crippen molar-refractivity contribution in [1.82, 2.24) is 0 Å². The Hall–Kier alpha value is -4.86. The Kier molecular flexibility index (Phi) is 13.2. The van der Waals surface area contributed by atoms with Gasteiger partial charge in [-0.1, -0.05) is 103 Å². The summed E-state index contributed by atoms with van der Waals surface area (Å²) in [5.74, 6) is 1.35. The van der Waals surface area contributed by atoms with Gasteiger partial charge >= 0.3 is 0 Å². The number of aliphatic hydroxyl groups is 2. The number of fused-ring (bicyclic) bond motifs is 3. The van der Waals surface area contributed by atoms with Crippen LogP contribution in [-0.2, 0) is 9.57 Å². The van der Waals surface area contributed by atoms with Gasteiger partial charge in [-0.3, -0.25) is 0 Å². The lowest BCUT2D eigenvalue weighted by Gasteiger charge is -2.58. The Balaban J connectivity index is 1.26. The van der Waals surface area contributed by atoms with Crippen LogP contribution in [0.25, 0.3) is 21.9 Å². The Morgan fingerprint density at radius 1 is 0.814 bits per heavy atom. The highest BCUT2D eigenvalue weighted by molar-refractivity contribution is 8.00. The minimum atomic E-state index is -1.07. The third kappa shape index (κ3) is 8.73. The molecule has 8 rings (SSSR count). The second kappa shape index (κ2) is 19.0. The molecule has 2 N–H and O–H groups in total. The number of nitrogens with zero attached hydrogens (tertiary/aromatic N) is 1. The van der Waals surface area contributed by atoms with Crippen molar-refractivity contribution in [2.75, 3.05) is 26.4 Å². The Labute approximate surface area is 352 Å². The van der Waals surface area contributed by atoms with Gasteiger partial charge in [-0.05, 0) is 114 Å². The lowest BCUT2D eigenvalue weighted by molar-refractivity contribution is -0.223. The predicted octanol–water partition coefficient (Wildman–Crippen LogP) is 11.7. The van der Waals surface area contributed by atoms with Gasteiger partial charge in [0.2, 0.25) is 5.79 Å². The smallest absolute Gasteiger partial charge is 0.231 e. The summed E-state index contributed by atoms with van der Waals surface area (Å²) in [7, 11) is 0. The summed E-state index contributed by atoms with van der Waals surface area (Å²) in [5.41, 5.74) is 5.42. The molecule has 0 unspecified atom stereocenters. The van der Waals surface area contributed by atoms with E-state index in [-0.39, 0.29) is 42.1 Å². The van der Waals surface area contributed by atoms with Gasteiger partial charge in [0.05, 0.1) is 23.5 Å². The molecule has 1 aliphatic heterocycles. The maximum Gasteiger partial charge on any atom is 0.231 e. The van der Waals surface area contributed by atoms with Crippen molar-refractivity contribution in [2.45, 2.75) is 73.7 Å². The minimum Gasteiger partial charge on any atom is -0.460 e. The molecule has 8 heteroatoms. The molecule has 0 spiro atoms. The Morgan fingerprint density at radius 2 is 1.54 bits per heavy atom. The molecule has 0 amide bonds. The van der Waals surface area contributed by atoms with Gasteiger partial charge < -0.3 is 29.3 Å². The van der Waals surface area contributed by atoms with E-state index in [1.807, 2.05) is 37.3 Å². The largest absolute Gasteiger partial charge is 0.460 e. The van der Waals surface area contributed by atoms with Crippen molar-refractivity contribution in [3.05, 3.63) is 145 Å². The molecular weight excluding hydrogens is 755 g/mol. The lowest BCUT2D eigenvalue weighted by atomic mass is 9.56. The molecule has 3 aliphatic rings.